The SMILES string of the molecule is Cc1onc(-c2ccccc2)c1-c1nnc(COC(=O)c2ccc(NC(=O)C3CC3)cc2)o1. The van der Waals surface area contributed by atoms with Gasteiger partial charge in [0.15, 0.2) is 6.61 Å². The summed E-state index contributed by atoms with van der Waals surface area (Å²) < 4.78 is 16.3. The van der Waals surface area contributed by atoms with Crippen LogP contribution in [0, 0.1) is 12.8 Å². The summed E-state index contributed by atoms with van der Waals surface area (Å²) in [5.74, 6) is 0.492. The van der Waals surface area contributed by atoms with Gasteiger partial charge >= 0.3 is 5.97 Å². The molecule has 9 heteroatoms. The van der Waals surface area contributed by atoms with Crippen LogP contribution >= 0.6 is 0 Å². The number of aryl methyl sites for hydroxylation is 1. The van der Waals surface area contributed by atoms with E-state index in [9.17, 15) is 9.59 Å². The van der Waals surface area contributed by atoms with Gasteiger partial charge in [0.2, 0.25) is 5.91 Å². The summed E-state index contributed by atoms with van der Waals surface area (Å²) in [6.45, 7) is 1.58. The van der Waals surface area contributed by atoms with Gasteiger partial charge in [0, 0.05) is 17.2 Å². The fourth-order valence-electron chi connectivity index (χ4n) is 3.32. The van der Waals surface area contributed by atoms with Gasteiger partial charge in [0.1, 0.15) is 17.0 Å². The average molecular weight is 444 g/mol. The number of nitrogens with one attached hydrogen (secondary N) is 1. The maximum Gasteiger partial charge on any atom is 0.338 e. The minimum Gasteiger partial charge on any atom is -0.452 e. The number of carbonyl (C=O) groups is 2. The second kappa shape index (κ2) is 8.70. The summed E-state index contributed by atoms with van der Waals surface area (Å²) >= 11 is 0. The summed E-state index contributed by atoms with van der Waals surface area (Å²) in [6, 6.07) is 16.0. The van der Waals surface area contributed by atoms with Crippen LogP contribution in [0.1, 0.15) is 34.9 Å². The number of aromatic nitrogens is 3. The van der Waals surface area contributed by atoms with E-state index in [2.05, 4.69) is 20.7 Å². The van der Waals surface area contributed by atoms with Crippen molar-refractivity contribution in [3.8, 4) is 22.7 Å². The number of ether oxygens (including phenoxy) is 1. The molecule has 1 fully saturated rings. The third-order valence-electron chi connectivity index (χ3n) is 5.25. The second-order valence-electron chi connectivity index (χ2n) is 7.75. The van der Waals surface area contributed by atoms with Crippen molar-refractivity contribution in [3.05, 3.63) is 71.8 Å². The molecule has 0 unspecified atom stereocenters. The lowest BCUT2D eigenvalue weighted by Gasteiger charge is -2.06. The Labute approximate surface area is 188 Å². The Bertz CT molecular complexity index is 1290. The van der Waals surface area contributed by atoms with Crippen LogP contribution in [0.25, 0.3) is 22.7 Å². The van der Waals surface area contributed by atoms with E-state index in [1.807, 2.05) is 30.3 Å². The van der Waals surface area contributed by atoms with Crippen molar-refractivity contribution in [2.75, 3.05) is 5.32 Å². The molecule has 1 aliphatic carbocycles. The first kappa shape index (κ1) is 20.6. The number of nitrogens with zero attached hydrogens (tertiary/aromatic N) is 3. The molecule has 2 heterocycles. The normalized spacial score (nSPS) is 13.0. The zero-order valence-corrected chi connectivity index (χ0v) is 17.8. The monoisotopic (exact) mass is 444 g/mol. The van der Waals surface area contributed by atoms with E-state index in [0.29, 0.717) is 28.3 Å². The van der Waals surface area contributed by atoms with Gasteiger partial charge in [-0.2, -0.15) is 0 Å². The molecule has 0 spiro atoms. The third-order valence-corrected chi connectivity index (χ3v) is 5.25. The molecular formula is C24H20N4O5. The summed E-state index contributed by atoms with van der Waals surface area (Å²) in [7, 11) is 0. The average Bonchev–Trinajstić information content (AvgIpc) is 3.48. The Kier molecular flexibility index (Phi) is 5.43. The quantitative estimate of drug-likeness (QED) is 0.416. The summed E-state index contributed by atoms with van der Waals surface area (Å²) in [6.07, 6.45) is 1.86. The third kappa shape index (κ3) is 4.52. The number of amides is 1. The second-order valence-corrected chi connectivity index (χ2v) is 7.75. The highest BCUT2D eigenvalue weighted by molar-refractivity contribution is 5.95. The van der Waals surface area contributed by atoms with E-state index in [0.717, 1.165) is 18.4 Å². The summed E-state index contributed by atoms with van der Waals surface area (Å²) in [5.41, 5.74) is 3.03. The maximum absolute atomic E-state index is 12.4. The molecule has 5 rings (SSSR count). The van der Waals surface area contributed by atoms with Crippen molar-refractivity contribution >= 4 is 17.6 Å². The summed E-state index contributed by atoms with van der Waals surface area (Å²) in [5, 5.41) is 15.0. The van der Waals surface area contributed by atoms with Crippen molar-refractivity contribution in [1.82, 2.24) is 15.4 Å². The van der Waals surface area contributed by atoms with Crippen molar-refractivity contribution in [2.24, 2.45) is 5.92 Å². The number of hydrogen-bond donors (Lipinski definition) is 1. The highest BCUT2D eigenvalue weighted by Crippen LogP contribution is 2.33. The van der Waals surface area contributed by atoms with E-state index < -0.39 is 5.97 Å². The van der Waals surface area contributed by atoms with E-state index in [1.54, 1.807) is 31.2 Å². The van der Waals surface area contributed by atoms with Gasteiger partial charge < -0.3 is 19.0 Å². The van der Waals surface area contributed by atoms with Crippen LogP contribution in [0.15, 0.2) is 63.5 Å². The van der Waals surface area contributed by atoms with Gasteiger partial charge in [0.05, 0.1) is 5.56 Å². The predicted molar refractivity (Wildman–Crippen MR) is 117 cm³/mol. The van der Waals surface area contributed by atoms with Crippen molar-refractivity contribution in [3.63, 3.8) is 0 Å². The van der Waals surface area contributed by atoms with Gasteiger partial charge in [0.25, 0.3) is 11.8 Å². The van der Waals surface area contributed by atoms with Gasteiger partial charge in [-0.1, -0.05) is 35.5 Å². The number of carbonyl (C=O) groups excluding carboxylic acids is 2. The lowest BCUT2D eigenvalue weighted by molar-refractivity contribution is -0.117. The van der Waals surface area contributed by atoms with E-state index in [-0.39, 0.29) is 30.2 Å². The Balaban J connectivity index is 1.23. The minimum atomic E-state index is -0.541. The number of esters is 1. The van der Waals surface area contributed by atoms with Gasteiger partial charge in [-0.15, -0.1) is 10.2 Å². The van der Waals surface area contributed by atoms with Crippen LogP contribution in [0.4, 0.5) is 5.69 Å². The molecule has 0 radical (unpaired) electrons. The van der Waals surface area contributed by atoms with E-state index >= 15 is 0 Å². The molecule has 1 N–H and O–H groups in total. The summed E-state index contributed by atoms with van der Waals surface area (Å²) in [4.78, 5) is 24.2. The number of rotatable bonds is 7. The Morgan fingerprint density at radius 2 is 1.82 bits per heavy atom. The highest BCUT2D eigenvalue weighted by Gasteiger charge is 2.29. The smallest absolute Gasteiger partial charge is 0.338 e. The Morgan fingerprint density at radius 1 is 1.06 bits per heavy atom. The molecule has 166 valence electrons. The molecule has 1 aliphatic rings. The molecule has 1 amide bonds. The molecule has 0 saturated heterocycles. The van der Waals surface area contributed by atoms with Gasteiger partial charge in [-0.05, 0) is 44.0 Å². The molecule has 2 aromatic carbocycles. The molecule has 0 atom stereocenters. The molecule has 9 nitrogen and oxygen atoms in total. The van der Waals surface area contributed by atoms with Crippen LogP contribution in [0.2, 0.25) is 0 Å². The maximum atomic E-state index is 12.4. The molecule has 33 heavy (non-hydrogen) atoms. The predicted octanol–water partition coefficient (Wildman–Crippen LogP) is 4.41. The van der Waals surface area contributed by atoms with Crippen LogP contribution in [0.3, 0.4) is 0 Å². The van der Waals surface area contributed by atoms with Crippen molar-refractivity contribution in [2.45, 2.75) is 26.4 Å². The van der Waals surface area contributed by atoms with Crippen molar-refractivity contribution < 1.29 is 23.3 Å². The Morgan fingerprint density at radius 3 is 2.55 bits per heavy atom. The first-order valence-corrected chi connectivity index (χ1v) is 10.5. The van der Waals surface area contributed by atoms with Gasteiger partial charge in [-0.3, -0.25) is 4.79 Å². The first-order chi connectivity index (χ1) is 16.1. The van der Waals surface area contributed by atoms with Crippen LogP contribution in [0.5, 0.6) is 0 Å². The molecule has 2 aromatic heterocycles. The first-order valence-electron chi connectivity index (χ1n) is 10.5. The highest BCUT2D eigenvalue weighted by atomic mass is 16.5. The lowest BCUT2D eigenvalue weighted by atomic mass is 10.1. The molecule has 0 aliphatic heterocycles. The minimum absolute atomic E-state index is 0.0102. The Hall–Kier alpha value is -4.27. The van der Waals surface area contributed by atoms with E-state index in [1.165, 1.54) is 0 Å². The van der Waals surface area contributed by atoms with Crippen molar-refractivity contribution in [1.29, 1.82) is 0 Å². The largest absolute Gasteiger partial charge is 0.452 e. The number of benzene rings is 2. The van der Waals surface area contributed by atoms with Crippen LogP contribution in [-0.2, 0) is 16.1 Å². The van der Waals surface area contributed by atoms with Crippen LogP contribution < -0.4 is 5.32 Å². The molecule has 4 aromatic rings. The lowest BCUT2D eigenvalue weighted by Crippen LogP contribution is -2.13. The zero-order valence-electron chi connectivity index (χ0n) is 17.8. The van der Waals surface area contributed by atoms with E-state index in [4.69, 9.17) is 13.7 Å². The fourth-order valence-corrected chi connectivity index (χ4v) is 3.32. The fraction of sp³-hybridized carbons (Fsp3) is 0.208. The molecular weight excluding hydrogens is 424 g/mol. The van der Waals surface area contributed by atoms with Crippen LogP contribution in [-0.4, -0.2) is 27.2 Å². The van der Waals surface area contributed by atoms with Gasteiger partial charge in [-0.25, -0.2) is 4.79 Å². The molecule has 0 bridgehead atoms. The zero-order chi connectivity index (χ0) is 22.8. The molecule has 1 saturated carbocycles. The standard InChI is InChI=1S/C24H20N4O5/c1-14-20(21(28-33-14)15-5-3-2-4-6-15)23-27-26-19(32-23)13-31-24(30)17-9-11-18(12-10-17)25-22(29)16-7-8-16/h2-6,9-12,16H,7-8,13H2,1H3,(H,25,29). The topological polar surface area (TPSA) is 120 Å². The number of hydrogen-bond acceptors (Lipinski definition) is 8. The number of anilines is 1.